The second-order valence-corrected chi connectivity index (χ2v) is 7.91. The average molecular weight is 298 g/mol. The SMILES string of the molecule is CNCc1cccc(S(=O)(=O)NCC(C)(C)C(C)C)c1. The van der Waals surface area contributed by atoms with E-state index in [4.69, 9.17) is 0 Å². The molecule has 1 aromatic rings. The molecule has 0 fully saturated rings. The third-order valence-corrected chi connectivity index (χ3v) is 5.27. The molecule has 1 aromatic carbocycles. The Labute approximate surface area is 123 Å². The summed E-state index contributed by atoms with van der Waals surface area (Å²) in [5.41, 5.74) is 0.883. The minimum atomic E-state index is -3.45. The largest absolute Gasteiger partial charge is 0.316 e. The Morgan fingerprint density at radius 2 is 1.90 bits per heavy atom. The Morgan fingerprint density at radius 1 is 1.25 bits per heavy atom. The third kappa shape index (κ3) is 4.58. The summed E-state index contributed by atoms with van der Waals surface area (Å²) >= 11 is 0. The molecule has 0 amide bonds. The molecule has 4 nitrogen and oxygen atoms in total. The lowest BCUT2D eigenvalue weighted by atomic mass is 9.81. The van der Waals surface area contributed by atoms with Crippen molar-refractivity contribution in [2.24, 2.45) is 11.3 Å². The first-order valence-corrected chi connectivity index (χ1v) is 8.40. The molecule has 0 atom stereocenters. The van der Waals surface area contributed by atoms with E-state index in [-0.39, 0.29) is 5.41 Å². The number of hydrogen-bond acceptors (Lipinski definition) is 3. The molecule has 0 heterocycles. The first-order chi connectivity index (χ1) is 9.19. The molecule has 0 bridgehead atoms. The Kier molecular flexibility index (Phi) is 5.74. The van der Waals surface area contributed by atoms with Gasteiger partial charge in [0.25, 0.3) is 0 Å². The zero-order valence-electron chi connectivity index (χ0n) is 13.0. The van der Waals surface area contributed by atoms with Crippen LogP contribution in [-0.4, -0.2) is 22.0 Å². The van der Waals surface area contributed by atoms with Crippen molar-refractivity contribution in [3.05, 3.63) is 29.8 Å². The van der Waals surface area contributed by atoms with Crippen LogP contribution in [0.1, 0.15) is 33.3 Å². The molecule has 0 saturated carbocycles. The van der Waals surface area contributed by atoms with Gasteiger partial charge in [-0.25, -0.2) is 13.1 Å². The van der Waals surface area contributed by atoms with E-state index in [1.54, 1.807) is 18.2 Å². The molecular formula is C15H26N2O2S. The van der Waals surface area contributed by atoms with Gasteiger partial charge in [0.15, 0.2) is 0 Å². The topological polar surface area (TPSA) is 58.2 Å². The highest BCUT2D eigenvalue weighted by atomic mass is 32.2. The van der Waals surface area contributed by atoms with Gasteiger partial charge in [-0.1, -0.05) is 39.8 Å². The maximum atomic E-state index is 12.3. The molecular weight excluding hydrogens is 272 g/mol. The van der Waals surface area contributed by atoms with E-state index < -0.39 is 10.0 Å². The van der Waals surface area contributed by atoms with E-state index in [1.165, 1.54) is 0 Å². The van der Waals surface area contributed by atoms with E-state index in [0.29, 0.717) is 23.9 Å². The lowest BCUT2D eigenvalue weighted by Gasteiger charge is -2.29. The molecule has 0 unspecified atom stereocenters. The molecule has 0 aliphatic rings. The molecule has 1 rings (SSSR count). The second-order valence-electron chi connectivity index (χ2n) is 6.15. The lowest BCUT2D eigenvalue weighted by molar-refractivity contribution is 0.252. The van der Waals surface area contributed by atoms with Crippen molar-refractivity contribution < 1.29 is 8.42 Å². The van der Waals surface area contributed by atoms with Crippen molar-refractivity contribution in [3.63, 3.8) is 0 Å². The average Bonchev–Trinajstić information content (AvgIpc) is 2.37. The molecule has 0 spiro atoms. The van der Waals surface area contributed by atoms with Crippen molar-refractivity contribution in [3.8, 4) is 0 Å². The van der Waals surface area contributed by atoms with Crippen LogP contribution in [0.25, 0.3) is 0 Å². The summed E-state index contributed by atoms with van der Waals surface area (Å²) in [5.74, 6) is 0.404. The van der Waals surface area contributed by atoms with E-state index in [1.807, 2.05) is 13.1 Å². The summed E-state index contributed by atoms with van der Waals surface area (Å²) in [6, 6.07) is 7.02. The number of nitrogens with one attached hydrogen (secondary N) is 2. The van der Waals surface area contributed by atoms with Gasteiger partial charge >= 0.3 is 0 Å². The highest BCUT2D eigenvalue weighted by Crippen LogP contribution is 2.25. The fourth-order valence-electron chi connectivity index (χ4n) is 1.60. The molecule has 0 saturated heterocycles. The molecule has 2 N–H and O–H groups in total. The predicted octanol–water partition coefficient (Wildman–Crippen LogP) is 2.37. The van der Waals surface area contributed by atoms with Crippen LogP contribution in [0.5, 0.6) is 0 Å². The molecule has 114 valence electrons. The maximum absolute atomic E-state index is 12.3. The van der Waals surface area contributed by atoms with Crippen LogP contribution in [0.15, 0.2) is 29.2 Å². The second kappa shape index (κ2) is 6.70. The summed E-state index contributed by atoms with van der Waals surface area (Å²) in [6.45, 7) is 9.42. The first kappa shape index (κ1) is 17.1. The van der Waals surface area contributed by atoms with Crippen LogP contribution in [0.3, 0.4) is 0 Å². The lowest BCUT2D eigenvalue weighted by Crippen LogP contribution is -2.37. The molecule has 0 aliphatic heterocycles. The van der Waals surface area contributed by atoms with E-state index in [9.17, 15) is 8.42 Å². The number of rotatable bonds is 7. The van der Waals surface area contributed by atoms with Crippen molar-refractivity contribution >= 4 is 10.0 Å². The van der Waals surface area contributed by atoms with Gasteiger partial charge in [-0.2, -0.15) is 0 Å². The normalized spacial score (nSPS) is 12.9. The van der Waals surface area contributed by atoms with Gasteiger partial charge in [-0.15, -0.1) is 0 Å². The van der Waals surface area contributed by atoms with Crippen LogP contribution in [0.2, 0.25) is 0 Å². The van der Waals surface area contributed by atoms with Crippen molar-refractivity contribution in [1.29, 1.82) is 0 Å². The van der Waals surface area contributed by atoms with Crippen molar-refractivity contribution in [2.45, 2.75) is 39.1 Å². The van der Waals surface area contributed by atoms with E-state index in [2.05, 4.69) is 37.7 Å². The molecule has 0 radical (unpaired) electrons. The fraction of sp³-hybridized carbons (Fsp3) is 0.600. The predicted molar refractivity (Wildman–Crippen MR) is 83.0 cm³/mol. The molecule has 5 heteroatoms. The summed E-state index contributed by atoms with van der Waals surface area (Å²) in [6.07, 6.45) is 0. The van der Waals surface area contributed by atoms with Crippen LogP contribution in [0.4, 0.5) is 0 Å². The summed E-state index contributed by atoms with van der Waals surface area (Å²) in [5, 5.41) is 3.02. The van der Waals surface area contributed by atoms with E-state index in [0.717, 1.165) is 5.56 Å². The van der Waals surface area contributed by atoms with Gasteiger partial charge in [-0.3, -0.25) is 0 Å². The Balaban J connectivity index is 2.86. The zero-order chi connectivity index (χ0) is 15.4. The Bertz CT molecular complexity index is 537. The van der Waals surface area contributed by atoms with Crippen molar-refractivity contribution in [2.75, 3.05) is 13.6 Å². The monoisotopic (exact) mass is 298 g/mol. The minimum Gasteiger partial charge on any atom is -0.316 e. The van der Waals surface area contributed by atoms with Crippen LogP contribution in [0, 0.1) is 11.3 Å². The minimum absolute atomic E-state index is 0.0738. The van der Waals surface area contributed by atoms with Crippen LogP contribution < -0.4 is 10.0 Å². The van der Waals surface area contributed by atoms with Gasteiger partial charge in [0.2, 0.25) is 10.0 Å². The maximum Gasteiger partial charge on any atom is 0.240 e. The van der Waals surface area contributed by atoms with Gasteiger partial charge in [0.1, 0.15) is 0 Å². The zero-order valence-corrected chi connectivity index (χ0v) is 13.8. The molecule has 0 aliphatic carbocycles. The first-order valence-electron chi connectivity index (χ1n) is 6.92. The highest BCUT2D eigenvalue weighted by molar-refractivity contribution is 7.89. The van der Waals surface area contributed by atoms with Crippen LogP contribution in [-0.2, 0) is 16.6 Å². The van der Waals surface area contributed by atoms with Gasteiger partial charge in [-0.05, 0) is 36.1 Å². The molecule has 0 aromatic heterocycles. The van der Waals surface area contributed by atoms with Gasteiger partial charge in [0.05, 0.1) is 4.90 Å². The summed E-state index contributed by atoms with van der Waals surface area (Å²) < 4.78 is 27.4. The summed E-state index contributed by atoms with van der Waals surface area (Å²) in [4.78, 5) is 0.324. The fourth-order valence-corrected chi connectivity index (χ4v) is 2.89. The highest BCUT2D eigenvalue weighted by Gasteiger charge is 2.25. The standard InChI is InChI=1S/C15H26N2O2S/c1-12(2)15(3,4)11-17-20(18,19)14-8-6-7-13(9-14)10-16-5/h6-9,12,16-17H,10-11H2,1-5H3. The molecule has 20 heavy (non-hydrogen) atoms. The van der Waals surface area contributed by atoms with Gasteiger partial charge in [0, 0.05) is 13.1 Å². The van der Waals surface area contributed by atoms with E-state index >= 15 is 0 Å². The number of sulfonamides is 1. The van der Waals surface area contributed by atoms with Crippen molar-refractivity contribution in [1.82, 2.24) is 10.0 Å². The quantitative estimate of drug-likeness (QED) is 0.812. The third-order valence-electron chi connectivity index (χ3n) is 3.87. The Morgan fingerprint density at radius 3 is 2.45 bits per heavy atom. The Hall–Kier alpha value is -0.910. The summed E-state index contributed by atoms with van der Waals surface area (Å²) in [7, 11) is -1.61. The smallest absolute Gasteiger partial charge is 0.240 e. The van der Waals surface area contributed by atoms with Gasteiger partial charge < -0.3 is 5.32 Å². The number of benzene rings is 1. The van der Waals surface area contributed by atoms with Crippen LogP contribution >= 0.6 is 0 Å². The number of hydrogen-bond donors (Lipinski definition) is 2.